The van der Waals surface area contributed by atoms with E-state index in [2.05, 4.69) is 21.2 Å². The Morgan fingerprint density at radius 2 is 1.68 bits per heavy atom. The predicted molar refractivity (Wildman–Crippen MR) is 127 cm³/mol. The second-order valence-corrected chi connectivity index (χ2v) is 10.3. The molecular formula is C24H23BrN2O3S. The van der Waals surface area contributed by atoms with Gasteiger partial charge in [-0.2, -0.15) is 0 Å². The fraction of sp³-hybridized carbons (Fsp3) is 0.208. The number of carbonyl (C=O) groups is 1. The quantitative estimate of drug-likeness (QED) is 0.510. The number of fused-ring (bicyclic) bond motifs is 1. The minimum atomic E-state index is -3.62. The molecule has 0 aliphatic carbocycles. The molecule has 3 aromatic rings. The molecule has 7 heteroatoms. The van der Waals surface area contributed by atoms with E-state index < -0.39 is 10.0 Å². The zero-order valence-electron chi connectivity index (χ0n) is 16.9. The van der Waals surface area contributed by atoms with Crippen molar-refractivity contribution >= 4 is 43.2 Å². The van der Waals surface area contributed by atoms with Crippen LogP contribution in [0.4, 0.5) is 11.4 Å². The molecule has 0 saturated heterocycles. The summed E-state index contributed by atoms with van der Waals surface area (Å²) in [6.45, 7) is 0.483. The largest absolute Gasteiger partial charge is 0.326 e. The van der Waals surface area contributed by atoms with Crippen molar-refractivity contribution in [1.29, 1.82) is 0 Å². The highest BCUT2D eigenvalue weighted by Crippen LogP contribution is 2.31. The summed E-state index contributed by atoms with van der Waals surface area (Å²) in [5.41, 5.74) is 3.49. The number of nitrogens with one attached hydrogen (secondary N) is 1. The Bertz CT molecular complexity index is 1180. The predicted octanol–water partition coefficient (Wildman–Crippen LogP) is 5.16. The third kappa shape index (κ3) is 4.99. The molecule has 0 aromatic heterocycles. The van der Waals surface area contributed by atoms with Gasteiger partial charge >= 0.3 is 0 Å². The lowest BCUT2D eigenvalue weighted by Crippen LogP contribution is -2.35. The summed E-state index contributed by atoms with van der Waals surface area (Å²) in [4.78, 5) is 12.5. The van der Waals surface area contributed by atoms with Crippen LogP contribution in [0.1, 0.15) is 24.0 Å². The topological polar surface area (TPSA) is 66.5 Å². The van der Waals surface area contributed by atoms with Crippen LogP contribution in [0.3, 0.4) is 0 Å². The van der Waals surface area contributed by atoms with Crippen LogP contribution in [0.15, 0.2) is 82.2 Å². The highest BCUT2D eigenvalue weighted by atomic mass is 79.9. The third-order valence-electron chi connectivity index (χ3n) is 5.35. The number of aryl methyl sites for hydroxylation is 2. The zero-order chi connectivity index (χ0) is 21.8. The standard InChI is InChI=1S/C24H23BrN2O3S/c25-20-10-12-21(13-11-20)26-24(28)16-9-18-7-14-22(15-8-18)31(29,30)27-17-3-5-19-4-1-2-6-23(19)27/h1-2,4,6-8,10-15H,3,5,9,16-17H2,(H,26,28). The highest BCUT2D eigenvalue weighted by molar-refractivity contribution is 9.10. The van der Waals surface area contributed by atoms with Gasteiger partial charge in [0.15, 0.2) is 0 Å². The van der Waals surface area contributed by atoms with E-state index in [0.717, 1.165) is 39.8 Å². The van der Waals surface area contributed by atoms with Crippen molar-refractivity contribution in [2.75, 3.05) is 16.2 Å². The lowest BCUT2D eigenvalue weighted by atomic mass is 10.0. The molecule has 0 fully saturated rings. The van der Waals surface area contributed by atoms with Crippen LogP contribution in [0.5, 0.6) is 0 Å². The maximum Gasteiger partial charge on any atom is 0.264 e. The van der Waals surface area contributed by atoms with E-state index in [1.165, 1.54) is 4.31 Å². The molecule has 5 nitrogen and oxygen atoms in total. The summed E-state index contributed by atoms with van der Waals surface area (Å²) in [6.07, 6.45) is 2.56. The molecule has 0 bridgehead atoms. The molecule has 0 saturated carbocycles. The average Bonchev–Trinajstić information content (AvgIpc) is 2.79. The first kappa shape index (κ1) is 21.6. The minimum Gasteiger partial charge on any atom is -0.326 e. The van der Waals surface area contributed by atoms with Crippen molar-refractivity contribution in [2.24, 2.45) is 0 Å². The summed E-state index contributed by atoms with van der Waals surface area (Å²) in [5, 5.41) is 2.87. The number of sulfonamides is 1. The van der Waals surface area contributed by atoms with Gasteiger partial charge in [0.2, 0.25) is 5.91 Å². The van der Waals surface area contributed by atoms with Crippen molar-refractivity contribution in [3.05, 3.63) is 88.4 Å². The van der Waals surface area contributed by atoms with Gasteiger partial charge in [-0.1, -0.05) is 46.3 Å². The fourth-order valence-corrected chi connectivity index (χ4v) is 5.52. The zero-order valence-corrected chi connectivity index (χ0v) is 19.3. The Morgan fingerprint density at radius 3 is 2.42 bits per heavy atom. The Labute approximate surface area is 191 Å². The summed E-state index contributed by atoms with van der Waals surface area (Å²) in [6, 6.07) is 21.9. The SMILES string of the molecule is O=C(CCc1ccc(S(=O)(=O)N2CCCc3ccccc32)cc1)Nc1ccc(Br)cc1. The van der Waals surface area contributed by atoms with Gasteiger partial charge in [0.1, 0.15) is 0 Å². The molecule has 1 aliphatic heterocycles. The number of amides is 1. The number of rotatable bonds is 6. The van der Waals surface area contributed by atoms with E-state index in [9.17, 15) is 13.2 Å². The Morgan fingerprint density at radius 1 is 0.968 bits per heavy atom. The molecule has 1 heterocycles. The number of carbonyl (C=O) groups excluding carboxylic acids is 1. The smallest absolute Gasteiger partial charge is 0.264 e. The molecule has 1 N–H and O–H groups in total. The molecule has 31 heavy (non-hydrogen) atoms. The van der Waals surface area contributed by atoms with Gasteiger partial charge in [-0.25, -0.2) is 8.42 Å². The number of halogens is 1. The number of nitrogens with zero attached hydrogens (tertiary/aromatic N) is 1. The maximum atomic E-state index is 13.2. The molecule has 1 aliphatic rings. The molecule has 0 spiro atoms. The van der Waals surface area contributed by atoms with E-state index in [4.69, 9.17) is 0 Å². The van der Waals surface area contributed by atoms with Gasteiger partial charge in [0, 0.05) is 23.1 Å². The number of para-hydroxylation sites is 1. The van der Waals surface area contributed by atoms with E-state index in [-0.39, 0.29) is 10.8 Å². The second kappa shape index (κ2) is 9.24. The lowest BCUT2D eigenvalue weighted by Gasteiger charge is -2.30. The fourth-order valence-electron chi connectivity index (χ4n) is 3.72. The molecule has 0 radical (unpaired) electrons. The highest BCUT2D eigenvalue weighted by Gasteiger charge is 2.28. The van der Waals surface area contributed by atoms with Crippen molar-refractivity contribution in [1.82, 2.24) is 0 Å². The normalized spacial score (nSPS) is 13.5. The second-order valence-electron chi connectivity index (χ2n) is 7.51. The lowest BCUT2D eigenvalue weighted by molar-refractivity contribution is -0.116. The monoisotopic (exact) mass is 498 g/mol. The van der Waals surface area contributed by atoms with Gasteiger partial charge in [-0.05, 0) is 72.9 Å². The molecular weight excluding hydrogens is 476 g/mol. The Balaban J connectivity index is 1.41. The van der Waals surface area contributed by atoms with Crippen molar-refractivity contribution < 1.29 is 13.2 Å². The minimum absolute atomic E-state index is 0.0797. The van der Waals surface area contributed by atoms with Crippen LogP contribution in [0, 0.1) is 0 Å². The van der Waals surface area contributed by atoms with Crippen LogP contribution in [-0.2, 0) is 27.7 Å². The van der Waals surface area contributed by atoms with Crippen LogP contribution in [0.25, 0.3) is 0 Å². The third-order valence-corrected chi connectivity index (χ3v) is 7.70. The first-order valence-corrected chi connectivity index (χ1v) is 12.4. The summed E-state index contributed by atoms with van der Waals surface area (Å²) in [5.74, 6) is -0.0797. The molecule has 3 aromatic carbocycles. The number of hydrogen-bond acceptors (Lipinski definition) is 3. The first-order chi connectivity index (χ1) is 14.9. The van der Waals surface area contributed by atoms with Gasteiger partial charge in [-0.15, -0.1) is 0 Å². The maximum absolute atomic E-state index is 13.2. The average molecular weight is 499 g/mol. The van der Waals surface area contributed by atoms with E-state index in [1.807, 2.05) is 48.5 Å². The molecule has 0 atom stereocenters. The van der Waals surface area contributed by atoms with Gasteiger partial charge in [0.05, 0.1) is 10.6 Å². The van der Waals surface area contributed by atoms with Crippen LogP contribution in [0.2, 0.25) is 0 Å². The summed E-state index contributed by atoms with van der Waals surface area (Å²) >= 11 is 3.37. The van der Waals surface area contributed by atoms with Crippen LogP contribution < -0.4 is 9.62 Å². The van der Waals surface area contributed by atoms with Gasteiger partial charge in [-0.3, -0.25) is 9.10 Å². The van der Waals surface area contributed by atoms with Crippen molar-refractivity contribution in [3.63, 3.8) is 0 Å². The van der Waals surface area contributed by atoms with E-state index >= 15 is 0 Å². The summed E-state index contributed by atoms with van der Waals surface area (Å²) < 4.78 is 28.9. The van der Waals surface area contributed by atoms with Gasteiger partial charge in [0.25, 0.3) is 10.0 Å². The van der Waals surface area contributed by atoms with Crippen LogP contribution in [-0.4, -0.2) is 20.9 Å². The van der Waals surface area contributed by atoms with E-state index in [0.29, 0.717) is 19.4 Å². The molecule has 0 unspecified atom stereocenters. The number of benzene rings is 3. The molecule has 4 rings (SSSR count). The van der Waals surface area contributed by atoms with E-state index in [1.54, 1.807) is 24.3 Å². The van der Waals surface area contributed by atoms with Crippen molar-refractivity contribution in [3.8, 4) is 0 Å². The number of anilines is 2. The summed E-state index contributed by atoms with van der Waals surface area (Å²) in [7, 11) is -3.62. The van der Waals surface area contributed by atoms with Crippen LogP contribution >= 0.6 is 15.9 Å². The Kier molecular flexibility index (Phi) is 6.43. The number of hydrogen-bond donors (Lipinski definition) is 1. The van der Waals surface area contributed by atoms with Crippen molar-refractivity contribution in [2.45, 2.75) is 30.6 Å². The molecule has 160 valence electrons. The first-order valence-electron chi connectivity index (χ1n) is 10.2. The van der Waals surface area contributed by atoms with Gasteiger partial charge < -0.3 is 5.32 Å². The Hall–Kier alpha value is -2.64. The molecule has 1 amide bonds.